The van der Waals surface area contributed by atoms with Crippen molar-refractivity contribution in [3.63, 3.8) is 0 Å². The zero-order chi connectivity index (χ0) is 9.84. The van der Waals surface area contributed by atoms with Crippen LogP contribution in [0.25, 0.3) is 0 Å². The zero-order valence-corrected chi connectivity index (χ0v) is 7.40. The average Bonchev–Trinajstić information content (AvgIpc) is 2.04. The summed E-state index contributed by atoms with van der Waals surface area (Å²) in [7, 11) is 0. The molecule has 0 radical (unpaired) electrons. The van der Waals surface area contributed by atoms with Crippen LogP contribution >= 0.6 is 0 Å². The molecular weight excluding hydrogens is 168 g/mol. The Morgan fingerprint density at radius 3 is 2.85 bits per heavy atom. The second-order valence-electron chi connectivity index (χ2n) is 3.02. The molecule has 13 heavy (non-hydrogen) atoms. The van der Waals surface area contributed by atoms with E-state index in [2.05, 4.69) is 4.98 Å². The van der Waals surface area contributed by atoms with Crippen molar-refractivity contribution in [3.8, 4) is 0 Å². The van der Waals surface area contributed by atoms with Gasteiger partial charge in [0, 0.05) is 11.6 Å². The molecule has 3 N–H and O–H groups in total. The van der Waals surface area contributed by atoms with Crippen molar-refractivity contribution < 1.29 is 9.90 Å². The Kier molecular flexibility index (Phi) is 2.84. The van der Waals surface area contributed by atoms with Gasteiger partial charge in [-0.2, -0.15) is 0 Å². The second-order valence-corrected chi connectivity index (χ2v) is 3.02. The van der Waals surface area contributed by atoms with E-state index < -0.39 is 5.97 Å². The first-order chi connectivity index (χ1) is 6.09. The van der Waals surface area contributed by atoms with Crippen molar-refractivity contribution in [1.82, 2.24) is 4.98 Å². The lowest BCUT2D eigenvalue weighted by Crippen LogP contribution is -2.04. The molecule has 0 fully saturated rings. The van der Waals surface area contributed by atoms with Gasteiger partial charge in [0.1, 0.15) is 0 Å². The van der Waals surface area contributed by atoms with Crippen molar-refractivity contribution in [2.75, 3.05) is 5.73 Å². The molecule has 4 heteroatoms. The summed E-state index contributed by atoms with van der Waals surface area (Å²) in [6, 6.07) is 3.48. The van der Waals surface area contributed by atoms with Crippen LogP contribution in [0.5, 0.6) is 0 Å². The van der Waals surface area contributed by atoms with Crippen molar-refractivity contribution in [1.29, 1.82) is 0 Å². The lowest BCUT2D eigenvalue weighted by Gasteiger charge is -2.07. The predicted octanol–water partition coefficient (Wildman–Crippen LogP) is 1.24. The molecule has 0 spiro atoms. The van der Waals surface area contributed by atoms with Crippen LogP contribution in [0.3, 0.4) is 0 Å². The smallest absolute Gasteiger partial charge is 0.304 e. The van der Waals surface area contributed by atoms with Crippen LogP contribution in [0.4, 0.5) is 5.69 Å². The van der Waals surface area contributed by atoms with E-state index in [1.165, 1.54) is 6.20 Å². The summed E-state index contributed by atoms with van der Waals surface area (Å²) in [5.41, 5.74) is 6.80. The number of anilines is 1. The zero-order valence-electron chi connectivity index (χ0n) is 7.40. The quantitative estimate of drug-likeness (QED) is 0.733. The molecule has 70 valence electrons. The number of hydrogen-bond acceptors (Lipinski definition) is 3. The molecule has 1 aromatic rings. The Hall–Kier alpha value is -1.58. The summed E-state index contributed by atoms with van der Waals surface area (Å²) in [5.74, 6) is -0.885. The monoisotopic (exact) mass is 180 g/mol. The number of nitrogen functional groups attached to an aromatic ring is 1. The Balaban J connectivity index is 2.71. The van der Waals surface area contributed by atoms with Crippen LogP contribution in [-0.4, -0.2) is 16.1 Å². The highest BCUT2D eigenvalue weighted by atomic mass is 16.4. The van der Waals surface area contributed by atoms with Gasteiger partial charge in [-0.25, -0.2) is 0 Å². The molecule has 0 bridgehead atoms. The lowest BCUT2D eigenvalue weighted by molar-refractivity contribution is -0.137. The molecule has 0 aliphatic heterocycles. The van der Waals surface area contributed by atoms with Gasteiger partial charge in [0.25, 0.3) is 0 Å². The van der Waals surface area contributed by atoms with Crippen LogP contribution in [0, 0.1) is 0 Å². The fraction of sp³-hybridized carbons (Fsp3) is 0.333. The third-order valence-electron chi connectivity index (χ3n) is 1.79. The predicted molar refractivity (Wildman–Crippen MR) is 49.3 cm³/mol. The number of carbonyl (C=O) groups is 1. The van der Waals surface area contributed by atoms with E-state index in [9.17, 15) is 4.79 Å². The van der Waals surface area contributed by atoms with Gasteiger partial charge in [-0.1, -0.05) is 6.92 Å². The number of nitrogens with two attached hydrogens (primary N) is 1. The Bertz CT molecular complexity index is 295. The van der Waals surface area contributed by atoms with Crippen molar-refractivity contribution in [2.45, 2.75) is 19.3 Å². The van der Waals surface area contributed by atoms with Crippen molar-refractivity contribution in [3.05, 3.63) is 24.0 Å². The standard InChI is InChI=1S/C9H12N2O2/c1-6(4-9(12)13)8-3-2-7(10)5-11-8/h2-3,5-6H,4,10H2,1H3,(H,12,13). The van der Waals surface area contributed by atoms with Gasteiger partial charge in [0.05, 0.1) is 18.3 Å². The summed E-state index contributed by atoms with van der Waals surface area (Å²) in [6.07, 6.45) is 1.63. The van der Waals surface area contributed by atoms with Gasteiger partial charge >= 0.3 is 5.97 Å². The maximum atomic E-state index is 10.4. The Morgan fingerprint density at radius 2 is 2.38 bits per heavy atom. The second kappa shape index (κ2) is 3.89. The first kappa shape index (κ1) is 9.51. The number of aromatic nitrogens is 1. The minimum Gasteiger partial charge on any atom is -0.481 e. The van der Waals surface area contributed by atoms with Crippen LogP contribution < -0.4 is 5.73 Å². The van der Waals surface area contributed by atoms with Crippen molar-refractivity contribution >= 4 is 11.7 Å². The van der Waals surface area contributed by atoms with Crippen LogP contribution in [0.15, 0.2) is 18.3 Å². The van der Waals surface area contributed by atoms with Crippen molar-refractivity contribution in [2.24, 2.45) is 0 Å². The first-order valence-corrected chi connectivity index (χ1v) is 4.03. The maximum absolute atomic E-state index is 10.4. The average molecular weight is 180 g/mol. The number of nitrogens with zero attached hydrogens (tertiary/aromatic N) is 1. The van der Waals surface area contributed by atoms with E-state index >= 15 is 0 Å². The molecule has 1 aromatic heterocycles. The summed E-state index contributed by atoms with van der Waals surface area (Å²) in [6.45, 7) is 1.83. The molecule has 0 saturated carbocycles. The molecule has 0 amide bonds. The summed E-state index contributed by atoms with van der Waals surface area (Å²) >= 11 is 0. The highest BCUT2D eigenvalue weighted by Gasteiger charge is 2.10. The van der Waals surface area contributed by atoms with E-state index in [4.69, 9.17) is 10.8 Å². The van der Waals surface area contributed by atoms with E-state index in [-0.39, 0.29) is 12.3 Å². The number of pyridine rings is 1. The maximum Gasteiger partial charge on any atom is 0.304 e. The Morgan fingerprint density at radius 1 is 1.69 bits per heavy atom. The van der Waals surface area contributed by atoms with E-state index in [1.54, 1.807) is 12.1 Å². The minimum atomic E-state index is -0.814. The third kappa shape index (κ3) is 2.74. The van der Waals surface area contributed by atoms with Gasteiger partial charge in [-0.3, -0.25) is 9.78 Å². The molecule has 0 aromatic carbocycles. The number of aliphatic carboxylic acids is 1. The Labute approximate surface area is 76.4 Å². The number of rotatable bonds is 3. The highest BCUT2D eigenvalue weighted by Crippen LogP contribution is 2.16. The van der Waals surface area contributed by atoms with Gasteiger partial charge in [0.2, 0.25) is 0 Å². The molecule has 1 atom stereocenters. The first-order valence-electron chi connectivity index (χ1n) is 4.03. The summed E-state index contributed by atoms with van der Waals surface area (Å²) < 4.78 is 0. The fourth-order valence-corrected chi connectivity index (χ4v) is 1.07. The van der Waals surface area contributed by atoms with Crippen LogP contribution in [0.1, 0.15) is 25.0 Å². The van der Waals surface area contributed by atoms with E-state index in [0.717, 1.165) is 5.69 Å². The number of hydrogen-bond donors (Lipinski definition) is 2. The molecule has 0 aliphatic carbocycles. The molecule has 1 heterocycles. The van der Waals surface area contributed by atoms with E-state index in [0.29, 0.717) is 5.69 Å². The minimum absolute atomic E-state index is 0.0712. The fourth-order valence-electron chi connectivity index (χ4n) is 1.07. The van der Waals surface area contributed by atoms with Gasteiger partial charge < -0.3 is 10.8 Å². The van der Waals surface area contributed by atoms with Gasteiger partial charge in [-0.05, 0) is 12.1 Å². The molecule has 4 nitrogen and oxygen atoms in total. The van der Waals surface area contributed by atoms with Gasteiger partial charge in [-0.15, -0.1) is 0 Å². The summed E-state index contributed by atoms with van der Waals surface area (Å²) in [5, 5.41) is 8.55. The van der Waals surface area contributed by atoms with Crippen LogP contribution in [0.2, 0.25) is 0 Å². The third-order valence-corrected chi connectivity index (χ3v) is 1.79. The highest BCUT2D eigenvalue weighted by molar-refractivity contribution is 5.67. The molecule has 0 aliphatic rings. The molecule has 1 unspecified atom stereocenters. The van der Waals surface area contributed by atoms with Gasteiger partial charge in [0.15, 0.2) is 0 Å². The topological polar surface area (TPSA) is 76.2 Å². The number of carboxylic acids is 1. The normalized spacial score (nSPS) is 12.4. The molecular formula is C9H12N2O2. The SMILES string of the molecule is CC(CC(=O)O)c1ccc(N)cn1. The lowest BCUT2D eigenvalue weighted by atomic mass is 10.0. The molecule has 0 saturated heterocycles. The van der Waals surface area contributed by atoms with Crippen LogP contribution in [-0.2, 0) is 4.79 Å². The largest absolute Gasteiger partial charge is 0.481 e. The molecule has 1 rings (SSSR count). The van der Waals surface area contributed by atoms with E-state index in [1.807, 2.05) is 6.92 Å². The number of carboxylic acid groups (broad SMARTS) is 1. The summed E-state index contributed by atoms with van der Waals surface area (Å²) in [4.78, 5) is 14.4.